The number of benzene rings is 1. The lowest BCUT2D eigenvalue weighted by Crippen LogP contribution is -2.54. The molecule has 3 fully saturated rings. The average Bonchev–Trinajstić information content (AvgIpc) is 3.46. The molecule has 0 radical (unpaired) electrons. The molecule has 0 unspecified atom stereocenters. The molecule has 3 aromatic rings. The first kappa shape index (κ1) is 20.2. The molecule has 4 aliphatic rings. The predicted molar refractivity (Wildman–Crippen MR) is 133 cm³/mol. The van der Waals surface area contributed by atoms with Crippen LogP contribution in [0.4, 0.5) is 11.5 Å². The summed E-state index contributed by atoms with van der Waals surface area (Å²) in [4.78, 5) is 17.3. The zero-order chi connectivity index (χ0) is 22.9. The number of aromatic nitrogens is 2. The zero-order valence-corrected chi connectivity index (χ0v) is 19.5. The maximum atomic E-state index is 9.53. The molecule has 2 aromatic heterocycles. The number of hydrogen-bond donors (Lipinski definition) is 1. The highest BCUT2D eigenvalue weighted by molar-refractivity contribution is 5.95. The Labute approximate surface area is 200 Å². The van der Waals surface area contributed by atoms with Crippen LogP contribution in [-0.4, -0.2) is 60.2 Å². The van der Waals surface area contributed by atoms with E-state index in [2.05, 4.69) is 62.3 Å². The van der Waals surface area contributed by atoms with E-state index in [0.717, 1.165) is 62.5 Å². The van der Waals surface area contributed by atoms with Crippen LogP contribution in [0, 0.1) is 16.7 Å². The highest BCUT2D eigenvalue weighted by Crippen LogP contribution is 2.42. The van der Waals surface area contributed by atoms with Crippen LogP contribution in [0.25, 0.3) is 10.9 Å². The fraction of sp³-hybridized carbons (Fsp3) is 0.444. The third kappa shape index (κ3) is 2.95. The Bertz CT molecular complexity index is 1320. The van der Waals surface area contributed by atoms with E-state index in [-0.39, 0.29) is 0 Å². The van der Waals surface area contributed by atoms with E-state index < -0.39 is 0 Å². The SMILES string of the molecule is C[C@@H]1CN(c2ccc(C#N)c3ncccc23)C[C@@H]2c3ccc(N4CCC5(CNC5)C4)nc3CN12. The van der Waals surface area contributed by atoms with E-state index >= 15 is 0 Å². The van der Waals surface area contributed by atoms with Gasteiger partial charge in [0.1, 0.15) is 11.9 Å². The predicted octanol–water partition coefficient (Wildman–Crippen LogP) is 3.07. The molecule has 3 saturated heterocycles. The van der Waals surface area contributed by atoms with Crippen molar-refractivity contribution in [3.63, 3.8) is 0 Å². The number of nitrogens with one attached hydrogen (secondary N) is 1. The highest BCUT2D eigenvalue weighted by atomic mass is 15.3. The molecular formula is C27H29N7. The first-order chi connectivity index (χ1) is 16.6. The summed E-state index contributed by atoms with van der Waals surface area (Å²) in [5, 5.41) is 14.0. The second kappa shape index (κ2) is 7.39. The van der Waals surface area contributed by atoms with Crippen molar-refractivity contribution < 1.29 is 0 Å². The average molecular weight is 452 g/mol. The van der Waals surface area contributed by atoms with Gasteiger partial charge in [0.25, 0.3) is 0 Å². The van der Waals surface area contributed by atoms with Crippen LogP contribution in [-0.2, 0) is 6.54 Å². The minimum absolute atomic E-state index is 0.336. The lowest BCUT2D eigenvalue weighted by molar-refractivity contribution is 0.133. The minimum atomic E-state index is 0.336. The third-order valence-corrected chi connectivity index (χ3v) is 8.50. The summed E-state index contributed by atoms with van der Waals surface area (Å²) in [6, 6.07) is 15.7. The molecule has 0 bridgehead atoms. The van der Waals surface area contributed by atoms with Crippen LogP contribution in [0.2, 0.25) is 0 Å². The molecule has 1 N–H and O–H groups in total. The first-order valence-corrected chi connectivity index (χ1v) is 12.4. The van der Waals surface area contributed by atoms with Crippen LogP contribution >= 0.6 is 0 Å². The Balaban J connectivity index is 1.19. The van der Waals surface area contributed by atoms with Gasteiger partial charge in [-0.05, 0) is 49.2 Å². The summed E-state index contributed by atoms with van der Waals surface area (Å²) in [7, 11) is 0. The number of hydrogen-bond acceptors (Lipinski definition) is 7. The van der Waals surface area contributed by atoms with E-state index in [1.807, 2.05) is 12.1 Å². The molecule has 1 spiro atoms. The van der Waals surface area contributed by atoms with Crippen LogP contribution < -0.4 is 15.1 Å². The van der Waals surface area contributed by atoms with E-state index in [4.69, 9.17) is 4.98 Å². The van der Waals surface area contributed by atoms with E-state index in [1.54, 1.807) is 6.20 Å². The standard InChI is InChI=1S/C27H29N7/c1-18-12-33(23-6-4-19(11-28)26-21(23)3-2-9-30-26)14-24-20-5-7-25(31-22(20)13-34(18)24)32-10-8-27(17-32)15-29-16-27/h2-7,9,18,24,29H,8,10,12-17H2,1H3/t18-,24-/m1/s1. The van der Waals surface area contributed by atoms with Crippen molar-refractivity contribution in [1.82, 2.24) is 20.2 Å². The van der Waals surface area contributed by atoms with Gasteiger partial charge in [0.15, 0.2) is 0 Å². The quantitative estimate of drug-likeness (QED) is 0.642. The number of nitriles is 1. The minimum Gasteiger partial charge on any atom is -0.368 e. The third-order valence-electron chi connectivity index (χ3n) is 8.50. The Morgan fingerprint density at radius 1 is 1.12 bits per heavy atom. The lowest BCUT2D eigenvalue weighted by Gasteiger charge is -2.43. The van der Waals surface area contributed by atoms with Crippen molar-refractivity contribution >= 4 is 22.4 Å². The van der Waals surface area contributed by atoms with Gasteiger partial charge in [-0.2, -0.15) is 5.26 Å². The molecule has 0 amide bonds. The normalized spacial score (nSPS) is 25.3. The number of rotatable bonds is 2. The van der Waals surface area contributed by atoms with Crippen molar-refractivity contribution in [3.8, 4) is 6.07 Å². The molecular weight excluding hydrogens is 422 g/mol. The maximum Gasteiger partial charge on any atom is 0.128 e. The molecule has 7 rings (SSSR count). The summed E-state index contributed by atoms with van der Waals surface area (Å²) in [6.45, 7) is 9.67. The lowest BCUT2D eigenvalue weighted by atomic mass is 9.81. The van der Waals surface area contributed by atoms with Crippen molar-refractivity contribution in [2.75, 3.05) is 49.1 Å². The molecule has 7 heteroatoms. The van der Waals surface area contributed by atoms with E-state index in [0.29, 0.717) is 23.1 Å². The van der Waals surface area contributed by atoms with Crippen LogP contribution in [0.1, 0.15) is 36.2 Å². The number of anilines is 2. The van der Waals surface area contributed by atoms with Crippen LogP contribution in [0.3, 0.4) is 0 Å². The Hall–Kier alpha value is -3.21. The van der Waals surface area contributed by atoms with Gasteiger partial charge in [-0.1, -0.05) is 6.07 Å². The fourth-order valence-electron chi connectivity index (χ4n) is 6.56. The molecule has 4 aliphatic heterocycles. The van der Waals surface area contributed by atoms with E-state index in [9.17, 15) is 5.26 Å². The summed E-state index contributed by atoms with van der Waals surface area (Å²) < 4.78 is 0. The summed E-state index contributed by atoms with van der Waals surface area (Å²) in [5.41, 5.74) is 5.69. The highest BCUT2D eigenvalue weighted by Gasteiger charge is 2.44. The van der Waals surface area contributed by atoms with Crippen molar-refractivity contribution in [3.05, 3.63) is 59.4 Å². The fourth-order valence-corrected chi connectivity index (χ4v) is 6.56. The summed E-state index contributed by atoms with van der Waals surface area (Å²) in [6.07, 6.45) is 3.04. The second-order valence-corrected chi connectivity index (χ2v) is 10.6. The monoisotopic (exact) mass is 451 g/mol. The number of nitrogens with zero attached hydrogens (tertiary/aromatic N) is 6. The van der Waals surface area contributed by atoms with Crippen molar-refractivity contribution in [2.45, 2.75) is 32.0 Å². The van der Waals surface area contributed by atoms with Crippen LogP contribution in [0.15, 0.2) is 42.6 Å². The van der Waals surface area contributed by atoms with Gasteiger partial charge in [0.05, 0.1) is 22.8 Å². The number of pyridine rings is 2. The molecule has 1 aromatic carbocycles. The Morgan fingerprint density at radius 3 is 2.82 bits per heavy atom. The summed E-state index contributed by atoms with van der Waals surface area (Å²) in [5.74, 6) is 1.15. The second-order valence-electron chi connectivity index (χ2n) is 10.6. The topological polar surface area (TPSA) is 71.3 Å². The number of fused-ring (bicyclic) bond motifs is 4. The Kier molecular flexibility index (Phi) is 4.39. The maximum absolute atomic E-state index is 9.53. The molecule has 2 atom stereocenters. The largest absolute Gasteiger partial charge is 0.368 e. The summed E-state index contributed by atoms with van der Waals surface area (Å²) >= 11 is 0. The molecule has 34 heavy (non-hydrogen) atoms. The Morgan fingerprint density at radius 2 is 2.03 bits per heavy atom. The molecule has 7 nitrogen and oxygen atoms in total. The van der Waals surface area contributed by atoms with Gasteiger partial charge < -0.3 is 15.1 Å². The molecule has 0 saturated carbocycles. The molecule has 0 aliphatic carbocycles. The zero-order valence-electron chi connectivity index (χ0n) is 19.5. The van der Waals surface area contributed by atoms with Gasteiger partial charge in [0, 0.05) is 74.5 Å². The van der Waals surface area contributed by atoms with Crippen LogP contribution in [0.5, 0.6) is 0 Å². The van der Waals surface area contributed by atoms with Gasteiger partial charge in [-0.15, -0.1) is 0 Å². The van der Waals surface area contributed by atoms with E-state index in [1.165, 1.54) is 23.4 Å². The smallest absolute Gasteiger partial charge is 0.128 e. The molecule has 172 valence electrons. The van der Waals surface area contributed by atoms with Gasteiger partial charge in [0.2, 0.25) is 0 Å². The van der Waals surface area contributed by atoms with Gasteiger partial charge in [-0.3, -0.25) is 9.88 Å². The first-order valence-electron chi connectivity index (χ1n) is 12.4. The van der Waals surface area contributed by atoms with Gasteiger partial charge in [-0.25, -0.2) is 4.98 Å². The van der Waals surface area contributed by atoms with Crippen molar-refractivity contribution in [1.29, 1.82) is 5.26 Å². The molecule has 6 heterocycles. The van der Waals surface area contributed by atoms with Crippen molar-refractivity contribution in [2.24, 2.45) is 5.41 Å². The van der Waals surface area contributed by atoms with Gasteiger partial charge >= 0.3 is 0 Å². The number of piperazine rings is 1.